The van der Waals surface area contributed by atoms with Gasteiger partial charge in [-0.25, -0.2) is 0 Å². The number of phosphoric ester groups is 1. The molecular formula is C70H128NO8P. The van der Waals surface area contributed by atoms with E-state index in [0.29, 0.717) is 17.4 Å². The van der Waals surface area contributed by atoms with Gasteiger partial charge in [-0.1, -0.05) is 318 Å². The van der Waals surface area contributed by atoms with E-state index in [9.17, 15) is 19.0 Å². The molecule has 9 nitrogen and oxygen atoms in total. The van der Waals surface area contributed by atoms with Crippen LogP contribution in [0.15, 0.2) is 72.9 Å². The Kier molecular flexibility index (Phi) is 59.1. The average molecular weight is 1140 g/mol. The van der Waals surface area contributed by atoms with Crippen LogP contribution in [0, 0.1) is 0 Å². The van der Waals surface area contributed by atoms with Crippen LogP contribution in [0.5, 0.6) is 0 Å². The van der Waals surface area contributed by atoms with Crippen LogP contribution in [-0.4, -0.2) is 70.0 Å². The van der Waals surface area contributed by atoms with Crippen LogP contribution in [0.4, 0.5) is 0 Å². The summed E-state index contributed by atoms with van der Waals surface area (Å²) < 4.78 is 34.1. The van der Waals surface area contributed by atoms with Gasteiger partial charge in [-0.3, -0.25) is 14.2 Å². The number of phosphoric acid groups is 1. The molecule has 466 valence electrons. The second-order valence-electron chi connectivity index (χ2n) is 23.8. The van der Waals surface area contributed by atoms with Gasteiger partial charge in [0, 0.05) is 12.8 Å². The fourth-order valence-electron chi connectivity index (χ4n) is 9.63. The topological polar surface area (TPSA) is 111 Å². The summed E-state index contributed by atoms with van der Waals surface area (Å²) in [6.45, 7) is 4.07. The minimum atomic E-state index is -4.66. The van der Waals surface area contributed by atoms with Crippen LogP contribution in [0.1, 0.15) is 309 Å². The molecule has 0 bridgehead atoms. The van der Waals surface area contributed by atoms with Gasteiger partial charge in [0.25, 0.3) is 7.82 Å². The van der Waals surface area contributed by atoms with E-state index in [1.165, 1.54) is 218 Å². The molecule has 0 aliphatic heterocycles. The number of esters is 2. The van der Waals surface area contributed by atoms with Crippen molar-refractivity contribution in [1.82, 2.24) is 0 Å². The highest BCUT2D eigenvalue weighted by Gasteiger charge is 2.21. The summed E-state index contributed by atoms with van der Waals surface area (Å²) in [4.78, 5) is 37.9. The standard InChI is InChI=1S/C70H128NO8P/c1-6-8-10-12-14-16-18-20-22-24-26-27-28-29-30-31-32-33-34-35-36-37-38-39-40-41-42-43-45-46-48-50-52-54-56-58-60-62-69(72)76-66-68(67-78-80(74,75)77-65-64-71(3,4)5)79-70(73)63-61-59-57-55-53-51-49-47-44-25-23-21-19-17-15-13-11-9-7-2/h9,11,15,17,21,23,44,47,51,53,57,59,68H,6-8,10,12-14,16,18-20,22,24-43,45-46,48-50,52,54-56,58,60-67H2,1-5H3/b11-9-,17-15-,23-21-,47-44-,53-51-,59-57-. The molecule has 80 heavy (non-hydrogen) atoms. The van der Waals surface area contributed by atoms with E-state index in [2.05, 4.69) is 74.6 Å². The van der Waals surface area contributed by atoms with Crippen LogP contribution in [0.25, 0.3) is 0 Å². The molecular weight excluding hydrogens is 1010 g/mol. The minimum Gasteiger partial charge on any atom is -0.756 e. The molecule has 0 heterocycles. The third-order valence-electron chi connectivity index (χ3n) is 14.8. The number of unbranched alkanes of at least 4 members (excludes halogenated alkanes) is 36. The van der Waals surface area contributed by atoms with Crippen molar-refractivity contribution in [2.24, 2.45) is 0 Å². The first-order chi connectivity index (χ1) is 39.0. The Morgan fingerprint density at radius 2 is 0.713 bits per heavy atom. The van der Waals surface area contributed by atoms with Crippen molar-refractivity contribution in [3.05, 3.63) is 72.9 Å². The number of allylic oxidation sites excluding steroid dienone is 12. The van der Waals surface area contributed by atoms with Gasteiger partial charge in [0.1, 0.15) is 19.8 Å². The predicted molar refractivity (Wildman–Crippen MR) is 342 cm³/mol. The molecule has 2 atom stereocenters. The quantitative estimate of drug-likeness (QED) is 0.0195. The van der Waals surface area contributed by atoms with E-state index in [1.54, 1.807) is 0 Å². The predicted octanol–water partition coefficient (Wildman–Crippen LogP) is 21.0. The van der Waals surface area contributed by atoms with Crippen molar-refractivity contribution >= 4 is 19.8 Å². The van der Waals surface area contributed by atoms with Gasteiger partial charge in [0.2, 0.25) is 0 Å². The molecule has 0 rings (SSSR count). The van der Waals surface area contributed by atoms with Gasteiger partial charge in [-0.05, 0) is 51.4 Å². The lowest BCUT2D eigenvalue weighted by Crippen LogP contribution is -2.37. The Hall–Kier alpha value is -2.55. The summed E-state index contributed by atoms with van der Waals surface area (Å²) >= 11 is 0. The molecule has 0 aromatic carbocycles. The highest BCUT2D eigenvalue weighted by Crippen LogP contribution is 2.38. The van der Waals surface area contributed by atoms with Gasteiger partial charge < -0.3 is 27.9 Å². The number of rotatable bonds is 62. The van der Waals surface area contributed by atoms with Crippen molar-refractivity contribution in [2.75, 3.05) is 47.5 Å². The smallest absolute Gasteiger partial charge is 0.306 e. The molecule has 0 saturated carbocycles. The van der Waals surface area contributed by atoms with Gasteiger partial charge >= 0.3 is 11.9 Å². The highest BCUT2D eigenvalue weighted by atomic mass is 31.2. The SMILES string of the molecule is CC/C=C\C/C=C\C/C=C\C/C=C\C/C=C\C/C=C\CCC(=O)OC(COC(=O)CCCCCCCCCCCCCCCCCCCCCCCCCCCCCCCCCCCCCCC)COP(=O)([O-])OCC[N+](C)(C)C. The van der Waals surface area contributed by atoms with E-state index in [-0.39, 0.29) is 26.1 Å². The van der Waals surface area contributed by atoms with Crippen LogP contribution in [0.3, 0.4) is 0 Å². The highest BCUT2D eigenvalue weighted by molar-refractivity contribution is 7.45. The van der Waals surface area contributed by atoms with E-state index in [4.69, 9.17) is 18.5 Å². The summed E-state index contributed by atoms with van der Waals surface area (Å²) in [5.74, 6) is -0.924. The molecule has 2 unspecified atom stereocenters. The number of hydrogen-bond donors (Lipinski definition) is 0. The molecule has 10 heteroatoms. The van der Waals surface area contributed by atoms with Crippen molar-refractivity contribution in [3.8, 4) is 0 Å². The van der Waals surface area contributed by atoms with Gasteiger partial charge in [0.05, 0.1) is 27.7 Å². The van der Waals surface area contributed by atoms with Crippen LogP contribution < -0.4 is 4.89 Å². The van der Waals surface area contributed by atoms with E-state index in [1.807, 2.05) is 33.3 Å². The second-order valence-corrected chi connectivity index (χ2v) is 25.2. The third-order valence-corrected chi connectivity index (χ3v) is 15.7. The number of carbonyl (C=O) groups excluding carboxylic acids is 2. The molecule has 0 aromatic rings. The number of ether oxygens (including phenoxy) is 2. The van der Waals surface area contributed by atoms with E-state index < -0.39 is 32.5 Å². The van der Waals surface area contributed by atoms with Crippen molar-refractivity contribution < 1.29 is 42.1 Å². The fourth-order valence-corrected chi connectivity index (χ4v) is 10.4. The van der Waals surface area contributed by atoms with Crippen molar-refractivity contribution in [3.63, 3.8) is 0 Å². The number of hydrogen-bond acceptors (Lipinski definition) is 8. The zero-order chi connectivity index (χ0) is 58.4. The van der Waals surface area contributed by atoms with E-state index in [0.717, 1.165) is 57.8 Å². The van der Waals surface area contributed by atoms with Crippen LogP contribution in [0.2, 0.25) is 0 Å². The molecule has 0 fully saturated rings. The summed E-state index contributed by atoms with van der Waals surface area (Å²) in [6, 6.07) is 0. The summed E-state index contributed by atoms with van der Waals surface area (Å²) in [6.07, 6.45) is 81.7. The van der Waals surface area contributed by atoms with E-state index >= 15 is 0 Å². The fraction of sp³-hybridized carbons (Fsp3) is 0.800. The molecule has 0 aliphatic carbocycles. The van der Waals surface area contributed by atoms with Gasteiger partial charge in [-0.15, -0.1) is 0 Å². The molecule has 0 aromatic heterocycles. The molecule has 0 aliphatic rings. The zero-order valence-corrected chi connectivity index (χ0v) is 53.9. The maximum Gasteiger partial charge on any atom is 0.306 e. The molecule has 0 radical (unpaired) electrons. The van der Waals surface area contributed by atoms with Gasteiger partial charge in [0.15, 0.2) is 6.10 Å². The van der Waals surface area contributed by atoms with Crippen LogP contribution in [-0.2, 0) is 32.7 Å². The lowest BCUT2D eigenvalue weighted by molar-refractivity contribution is -0.870. The molecule has 0 spiro atoms. The second kappa shape index (κ2) is 61.0. The minimum absolute atomic E-state index is 0.0462. The Morgan fingerprint density at radius 3 is 1.04 bits per heavy atom. The Labute approximate surface area is 495 Å². The third kappa shape index (κ3) is 64.6. The first-order valence-electron chi connectivity index (χ1n) is 33.6. The normalized spacial score (nSPS) is 13.6. The molecule has 0 saturated heterocycles. The Bertz CT molecular complexity index is 1580. The summed E-state index contributed by atoms with van der Waals surface area (Å²) in [5.41, 5.74) is 0. The van der Waals surface area contributed by atoms with Gasteiger partial charge in [-0.2, -0.15) is 0 Å². The maximum atomic E-state index is 12.8. The average Bonchev–Trinajstić information content (AvgIpc) is 3.42. The lowest BCUT2D eigenvalue weighted by atomic mass is 10.0. The Balaban J connectivity index is 3.98. The molecule has 0 amide bonds. The van der Waals surface area contributed by atoms with Crippen molar-refractivity contribution in [1.29, 1.82) is 0 Å². The zero-order valence-electron chi connectivity index (χ0n) is 53.0. The monoisotopic (exact) mass is 1140 g/mol. The number of likely N-dealkylation sites (N-methyl/N-ethyl adjacent to an activating group) is 1. The Morgan fingerprint density at radius 1 is 0.400 bits per heavy atom. The van der Waals surface area contributed by atoms with Crippen molar-refractivity contribution in [2.45, 2.75) is 315 Å². The van der Waals surface area contributed by atoms with Crippen LogP contribution >= 0.6 is 7.82 Å². The number of quaternary nitrogens is 1. The first-order valence-corrected chi connectivity index (χ1v) is 35.1. The lowest BCUT2D eigenvalue weighted by Gasteiger charge is -2.28. The molecule has 0 N–H and O–H groups in total. The number of carbonyl (C=O) groups is 2. The first kappa shape index (κ1) is 77.5. The summed E-state index contributed by atoms with van der Waals surface area (Å²) in [7, 11) is 1.12. The number of nitrogens with zero attached hydrogens (tertiary/aromatic N) is 1. The maximum absolute atomic E-state index is 12.8. The largest absolute Gasteiger partial charge is 0.756 e. The summed E-state index contributed by atoms with van der Waals surface area (Å²) in [5, 5.41) is 0.